The molecule has 6 heteroatoms. The predicted octanol–water partition coefficient (Wildman–Crippen LogP) is 4.38. The third-order valence-electron chi connectivity index (χ3n) is 4.75. The zero-order chi connectivity index (χ0) is 20.8. The van der Waals surface area contributed by atoms with Crippen molar-refractivity contribution in [3.8, 4) is 5.75 Å². The first kappa shape index (κ1) is 20.5. The first-order chi connectivity index (χ1) is 14.0. The minimum atomic E-state index is -0.967. The van der Waals surface area contributed by atoms with Gasteiger partial charge >= 0.3 is 5.97 Å². The van der Waals surface area contributed by atoms with Crippen LogP contribution in [-0.2, 0) is 16.2 Å². The van der Waals surface area contributed by atoms with Crippen LogP contribution in [-0.4, -0.2) is 28.4 Å². The Morgan fingerprint density at radius 2 is 2.03 bits per heavy atom. The summed E-state index contributed by atoms with van der Waals surface area (Å²) in [5.41, 5.74) is 6.37. The van der Waals surface area contributed by atoms with Gasteiger partial charge in [0.1, 0.15) is 5.75 Å². The molecular weight excluding hydrogens is 368 g/mol. The number of hydroxylamine groups is 1. The summed E-state index contributed by atoms with van der Waals surface area (Å²) in [5, 5.41) is 10.4. The topological polar surface area (TPSA) is 72.7 Å². The van der Waals surface area contributed by atoms with Crippen molar-refractivity contribution < 1.29 is 19.5 Å². The number of carboxylic acid groups (broad SMARTS) is 1. The zero-order valence-corrected chi connectivity index (χ0v) is 16.7. The highest BCUT2D eigenvalue weighted by atomic mass is 16.6. The zero-order valence-electron chi connectivity index (χ0n) is 16.7. The molecule has 3 aromatic rings. The molecule has 0 aliphatic carbocycles. The van der Waals surface area contributed by atoms with Gasteiger partial charge in [0.2, 0.25) is 0 Å². The number of fused-ring (bicyclic) bond motifs is 1. The van der Waals surface area contributed by atoms with Gasteiger partial charge in [0.25, 0.3) is 0 Å². The Hall–Kier alpha value is -3.25. The first-order valence-electron chi connectivity index (χ1n) is 9.60. The second kappa shape index (κ2) is 9.30. The fourth-order valence-corrected chi connectivity index (χ4v) is 3.11. The average Bonchev–Trinajstić information content (AvgIpc) is 3.13. The fourth-order valence-electron chi connectivity index (χ4n) is 3.11. The molecule has 0 aliphatic rings. The summed E-state index contributed by atoms with van der Waals surface area (Å²) in [5.74, 6) is -0.415. The molecule has 0 radical (unpaired) electrons. The number of nitrogens with one attached hydrogen (secondary N) is 1. The smallest absolute Gasteiger partial charge is 0.344 e. The number of aromatic nitrogens is 1. The SMILES string of the molecule is C=C(NOCCn1ccc2ccccc21)c1ccc(OC(CC)C(=O)O)c(C)c1. The van der Waals surface area contributed by atoms with E-state index in [9.17, 15) is 4.79 Å². The summed E-state index contributed by atoms with van der Waals surface area (Å²) < 4.78 is 7.72. The quantitative estimate of drug-likeness (QED) is 0.394. The number of carboxylic acids is 1. The number of para-hydroxylation sites is 1. The Labute approximate surface area is 170 Å². The van der Waals surface area contributed by atoms with Crippen molar-refractivity contribution in [2.24, 2.45) is 0 Å². The number of hydrogen-bond acceptors (Lipinski definition) is 4. The highest BCUT2D eigenvalue weighted by Gasteiger charge is 2.17. The molecule has 2 aromatic carbocycles. The molecule has 0 saturated heterocycles. The number of aliphatic carboxylic acids is 1. The van der Waals surface area contributed by atoms with Crippen molar-refractivity contribution in [2.75, 3.05) is 6.61 Å². The van der Waals surface area contributed by atoms with Gasteiger partial charge in [-0.3, -0.25) is 10.3 Å². The maximum Gasteiger partial charge on any atom is 0.344 e. The number of hydrogen-bond donors (Lipinski definition) is 2. The molecular formula is C23H26N2O4. The molecule has 2 N–H and O–H groups in total. The van der Waals surface area contributed by atoms with Crippen LogP contribution in [0.15, 0.2) is 61.3 Å². The van der Waals surface area contributed by atoms with E-state index in [0.717, 1.165) is 11.1 Å². The van der Waals surface area contributed by atoms with Crippen LogP contribution in [0.25, 0.3) is 16.6 Å². The van der Waals surface area contributed by atoms with E-state index in [1.54, 1.807) is 13.0 Å². The van der Waals surface area contributed by atoms with Crippen molar-refractivity contribution in [2.45, 2.75) is 32.9 Å². The molecule has 3 rings (SSSR count). The van der Waals surface area contributed by atoms with Crippen LogP contribution < -0.4 is 10.2 Å². The molecule has 6 nitrogen and oxygen atoms in total. The maximum atomic E-state index is 11.2. The number of rotatable bonds is 10. The van der Waals surface area contributed by atoms with Gasteiger partial charge in [-0.2, -0.15) is 0 Å². The molecule has 1 aromatic heterocycles. The summed E-state index contributed by atoms with van der Waals surface area (Å²) in [7, 11) is 0. The van der Waals surface area contributed by atoms with Crippen molar-refractivity contribution in [1.82, 2.24) is 10.0 Å². The van der Waals surface area contributed by atoms with Crippen molar-refractivity contribution in [3.63, 3.8) is 0 Å². The Bertz CT molecular complexity index is 1010. The van der Waals surface area contributed by atoms with Crippen molar-refractivity contribution >= 4 is 22.6 Å². The number of aryl methyl sites for hydroxylation is 1. The largest absolute Gasteiger partial charge is 0.479 e. The summed E-state index contributed by atoms with van der Waals surface area (Å²) in [4.78, 5) is 16.7. The van der Waals surface area contributed by atoms with Gasteiger partial charge in [-0.1, -0.05) is 31.7 Å². The van der Waals surface area contributed by atoms with E-state index in [-0.39, 0.29) is 0 Å². The number of nitrogens with zero attached hydrogens (tertiary/aromatic N) is 1. The van der Waals surface area contributed by atoms with Crippen LogP contribution in [0.2, 0.25) is 0 Å². The predicted molar refractivity (Wildman–Crippen MR) is 114 cm³/mol. The standard InChI is InChI=1S/C23H26N2O4/c1-4-21(23(26)27)29-22-10-9-19(15-16(22)2)17(3)24-28-14-13-25-12-11-18-7-5-6-8-20(18)25/h5-12,15,21,24H,3-4,13-14H2,1-2H3,(H,26,27). The third-order valence-corrected chi connectivity index (χ3v) is 4.75. The molecule has 0 bridgehead atoms. The fraction of sp³-hybridized carbons (Fsp3) is 0.261. The first-order valence-corrected chi connectivity index (χ1v) is 9.60. The van der Waals surface area contributed by atoms with E-state index < -0.39 is 12.1 Å². The average molecular weight is 394 g/mol. The third kappa shape index (κ3) is 4.97. The summed E-state index contributed by atoms with van der Waals surface area (Å²) in [6, 6.07) is 15.8. The van der Waals surface area contributed by atoms with Gasteiger partial charge in [-0.25, -0.2) is 4.79 Å². The van der Waals surface area contributed by atoms with Crippen LogP contribution in [0.1, 0.15) is 24.5 Å². The molecule has 0 saturated carbocycles. The second-order valence-electron chi connectivity index (χ2n) is 6.83. The van der Waals surface area contributed by atoms with Crippen molar-refractivity contribution in [3.05, 3.63) is 72.4 Å². The van der Waals surface area contributed by atoms with E-state index in [1.807, 2.05) is 37.4 Å². The monoisotopic (exact) mass is 394 g/mol. The lowest BCUT2D eigenvalue weighted by molar-refractivity contribution is -0.145. The van der Waals surface area contributed by atoms with Gasteiger partial charge in [-0.05, 0) is 60.2 Å². The van der Waals surface area contributed by atoms with Crippen LogP contribution in [0.3, 0.4) is 0 Å². The van der Waals surface area contributed by atoms with E-state index in [2.05, 4.69) is 34.8 Å². The minimum absolute atomic E-state index is 0.398. The van der Waals surface area contributed by atoms with E-state index in [4.69, 9.17) is 14.7 Å². The van der Waals surface area contributed by atoms with Crippen LogP contribution in [0.5, 0.6) is 5.75 Å². The maximum absolute atomic E-state index is 11.2. The number of benzene rings is 2. The summed E-state index contributed by atoms with van der Waals surface area (Å²) in [6.07, 6.45) is 1.59. The summed E-state index contributed by atoms with van der Waals surface area (Å²) >= 11 is 0. The molecule has 1 atom stereocenters. The highest BCUT2D eigenvalue weighted by molar-refractivity contribution is 5.79. The number of carbonyl (C=O) groups is 1. The van der Waals surface area contributed by atoms with Gasteiger partial charge in [0.05, 0.1) is 12.3 Å². The molecule has 1 heterocycles. The van der Waals surface area contributed by atoms with Crippen molar-refractivity contribution in [1.29, 1.82) is 0 Å². The molecule has 0 spiro atoms. The Kier molecular flexibility index (Phi) is 6.57. The van der Waals surface area contributed by atoms with Gasteiger partial charge in [0, 0.05) is 18.3 Å². The van der Waals surface area contributed by atoms with E-state index in [0.29, 0.717) is 31.0 Å². The minimum Gasteiger partial charge on any atom is -0.479 e. The molecule has 0 fully saturated rings. The van der Waals surface area contributed by atoms with E-state index >= 15 is 0 Å². The second-order valence-corrected chi connectivity index (χ2v) is 6.83. The van der Waals surface area contributed by atoms with Crippen LogP contribution >= 0.6 is 0 Å². The van der Waals surface area contributed by atoms with Gasteiger partial charge in [-0.15, -0.1) is 0 Å². The van der Waals surface area contributed by atoms with Gasteiger partial charge in [0.15, 0.2) is 6.10 Å². The molecule has 152 valence electrons. The molecule has 0 aliphatic heterocycles. The Morgan fingerprint density at radius 3 is 2.76 bits per heavy atom. The molecule has 0 amide bonds. The Morgan fingerprint density at radius 1 is 1.24 bits per heavy atom. The number of ether oxygens (including phenoxy) is 1. The van der Waals surface area contributed by atoms with Gasteiger partial charge < -0.3 is 14.4 Å². The molecule has 1 unspecified atom stereocenters. The lowest BCUT2D eigenvalue weighted by Gasteiger charge is -2.16. The van der Waals surface area contributed by atoms with Crippen LogP contribution in [0.4, 0.5) is 0 Å². The van der Waals surface area contributed by atoms with E-state index in [1.165, 1.54) is 10.9 Å². The molecule has 29 heavy (non-hydrogen) atoms. The normalized spacial score (nSPS) is 11.9. The summed E-state index contributed by atoms with van der Waals surface area (Å²) in [6.45, 7) is 8.86. The lowest BCUT2D eigenvalue weighted by atomic mass is 10.1. The van der Waals surface area contributed by atoms with Crippen LogP contribution in [0, 0.1) is 6.92 Å². The highest BCUT2D eigenvalue weighted by Crippen LogP contribution is 2.23. The lowest BCUT2D eigenvalue weighted by Crippen LogP contribution is -2.26. The Balaban J connectivity index is 1.52.